The predicted octanol–water partition coefficient (Wildman–Crippen LogP) is 2.61. The van der Waals surface area contributed by atoms with Gasteiger partial charge in [0, 0.05) is 6.20 Å². The quantitative estimate of drug-likeness (QED) is 0.733. The zero-order valence-corrected chi connectivity index (χ0v) is 8.17. The topological polar surface area (TPSA) is 30.7 Å². The minimum atomic E-state index is -4.48. The fourth-order valence-corrected chi connectivity index (χ4v) is 1.62. The Morgan fingerprint density at radius 2 is 2.07 bits per heavy atom. The van der Waals surface area contributed by atoms with Gasteiger partial charge in [-0.05, 0) is 12.1 Å². The number of alkyl halides is 3. The number of halogens is 4. The van der Waals surface area contributed by atoms with Crippen LogP contribution in [0.25, 0.3) is 11.2 Å². The molecule has 0 spiro atoms. The Hall–Kier alpha value is -1.11. The van der Waals surface area contributed by atoms with E-state index in [1.54, 1.807) is 6.07 Å². The van der Waals surface area contributed by atoms with Crippen molar-refractivity contribution in [3.05, 3.63) is 24.2 Å². The van der Waals surface area contributed by atoms with Crippen LogP contribution in [0.4, 0.5) is 13.2 Å². The van der Waals surface area contributed by atoms with Crippen molar-refractivity contribution in [2.45, 2.75) is 6.18 Å². The number of hydrogen-bond acceptors (Lipinski definition) is 2. The molecule has 0 unspecified atom stereocenters. The van der Waals surface area contributed by atoms with Crippen LogP contribution in [0, 0.1) is 0 Å². The van der Waals surface area contributed by atoms with Crippen molar-refractivity contribution in [1.29, 1.82) is 0 Å². The summed E-state index contributed by atoms with van der Waals surface area (Å²) in [6.45, 7) is 0. The zero-order valence-electron chi connectivity index (χ0n) is 6.59. The molecule has 0 radical (unpaired) electrons. The molecule has 0 amide bonds. The third-order valence-corrected chi connectivity index (χ3v) is 2.35. The maximum absolute atomic E-state index is 12.3. The summed E-state index contributed by atoms with van der Waals surface area (Å²) in [5.41, 5.74) is 0.358. The van der Waals surface area contributed by atoms with Gasteiger partial charge in [0.1, 0.15) is 0 Å². The number of fused-ring (bicyclic) bond motifs is 1. The van der Waals surface area contributed by atoms with Crippen LogP contribution in [-0.2, 0) is 6.18 Å². The van der Waals surface area contributed by atoms with Gasteiger partial charge in [0.2, 0.25) is 5.82 Å². The molecule has 3 nitrogen and oxygen atoms in total. The number of pyridine rings is 1. The van der Waals surface area contributed by atoms with Gasteiger partial charge < -0.3 is 0 Å². The second kappa shape index (κ2) is 2.94. The van der Waals surface area contributed by atoms with Crippen LogP contribution in [0.3, 0.4) is 0 Å². The highest BCUT2D eigenvalue weighted by Crippen LogP contribution is 2.31. The summed E-state index contributed by atoms with van der Waals surface area (Å²) in [7, 11) is 0. The lowest BCUT2D eigenvalue weighted by molar-refractivity contribution is -0.144. The van der Waals surface area contributed by atoms with Gasteiger partial charge in [-0.15, -0.1) is 0 Å². The van der Waals surface area contributed by atoms with Crippen LogP contribution in [0.1, 0.15) is 5.82 Å². The highest BCUT2D eigenvalue weighted by Gasteiger charge is 2.37. The number of rotatable bonds is 0. The van der Waals surface area contributed by atoms with E-state index in [0.29, 0.717) is 5.52 Å². The lowest BCUT2D eigenvalue weighted by Crippen LogP contribution is -2.09. The van der Waals surface area contributed by atoms with E-state index in [-0.39, 0.29) is 5.65 Å². The van der Waals surface area contributed by atoms with E-state index in [0.717, 1.165) is 3.59 Å². The van der Waals surface area contributed by atoms with E-state index in [9.17, 15) is 13.2 Å². The Labute approximate surface area is 84.9 Å². The molecule has 0 aliphatic rings. The standard InChI is InChI=1S/C7H3BrF3N3/c8-14-4-2-1-3-12-5(4)13-6(14)7(9,10)11/h1-3H. The van der Waals surface area contributed by atoms with Crippen LogP contribution < -0.4 is 0 Å². The molecule has 2 rings (SSSR count). The maximum atomic E-state index is 12.3. The SMILES string of the molecule is FC(F)(F)c1nc2ncccc2n1Br. The van der Waals surface area contributed by atoms with Crippen molar-refractivity contribution < 1.29 is 13.2 Å². The molecule has 74 valence electrons. The lowest BCUT2D eigenvalue weighted by atomic mass is 10.4. The molecule has 0 aliphatic heterocycles. The molecule has 0 aromatic carbocycles. The van der Waals surface area contributed by atoms with E-state index < -0.39 is 12.0 Å². The minimum Gasteiger partial charge on any atom is -0.252 e. The summed E-state index contributed by atoms with van der Waals surface area (Å²) in [4.78, 5) is 7.08. The molecule has 2 heterocycles. The molecule has 0 aliphatic carbocycles. The Bertz CT molecular complexity index is 476. The van der Waals surface area contributed by atoms with Crippen LogP contribution in [0.15, 0.2) is 18.3 Å². The normalized spacial score (nSPS) is 12.3. The number of aromatic nitrogens is 3. The summed E-state index contributed by atoms with van der Waals surface area (Å²) in [5, 5.41) is 0. The van der Waals surface area contributed by atoms with E-state index in [1.807, 2.05) is 0 Å². The summed E-state index contributed by atoms with van der Waals surface area (Å²) in [5.74, 6) is -1.01. The summed E-state index contributed by atoms with van der Waals surface area (Å²) in [6, 6.07) is 3.04. The van der Waals surface area contributed by atoms with Crippen molar-refractivity contribution in [3.63, 3.8) is 0 Å². The average molecular weight is 266 g/mol. The van der Waals surface area contributed by atoms with Gasteiger partial charge in [-0.3, -0.25) is 3.59 Å². The summed E-state index contributed by atoms with van der Waals surface area (Å²) >= 11 is 2.78. The van der Waals surface area contributed by atoms with Crippen LogP contribution in [0.5, 0.6) is 0 Å². The first-order valence-electron chi connectivity index (χ1n) is 3.57. The van der Waals surface area contributed by atoms with Crippen molar-refractivity contribution in [2.75, 3.05) is 0 Å². The first-order valence-corrected chi connectivity index (χ1v) is 4.28. The van der Waals surface area contributed by atoms with Gasteiger partial charge in [-0.2, -0.15) is 13.2 Å². The van der Waals surface area contributed by atoms with E-state index in [1.165, 1.54) is 12.3 Å². The first-order chi connectivity index (χ1) is 6.50. The highest BCUT2D eigenvalue weighted by atomic mass is 79.9. The molecule has 0 N–H and O–H groups in total. The van der Waals surface area contributed by atoms with E-state index in [4.69, 9.17) is 0 Å². The van der Waals surface area contributed by atoms with Crippen LogP contribution in [-0.4, -0.2) is 13.6 Å². The molecular formula is C7H3BrF3N3. The third kappa shape index (κ3) is 1.37. The number of nitrogens with zero attached hydrogens (tertiary/aromatic N) is 3. The maximum Gasteiger partial charge on any atom is 0.450 e. The number of imidazole rings is 1. The predicted molar refractivity (Wildman–Crippen MR) is 46.9 cm³/mol. The van der Waals surface area contributed by atoms with Gasteiger partial charge in [-0.25, -0.2) is 9.97 Å². The van der Waals surface area contributed by atoms with Crippen LogP contribution >= 0.6 is 16.1 Å². The first kappa shape index (κ1) is 9.45. The van der Waals surface area contributed by atoms with Crippen LogP contribution in [0.2, 0.25) is 0 Å². The molecule has 0 saturated carbocycles. The van der Waals surface area contributed by atoms with Gasteiger partial charge in [0.15, 0.2) is 5.65 Å². The zero-order chi connectivity index (χ0) is 10.3. The fraction of sp³-hybridized carbons (Fsp3) is 0.143. The Morgan fingerprint density at radius 3 is 2.64 bits per heavy atom. The molecule has 2 aromatic rings. The Morgan fingerprint density at radius 1 is 1.36 bits per heavy atom. The summed E-state index contributed by atoms with van der Waals surface area (Å²) < 4.78 is 37.8. The van der Waals surface area contributed by atoms with Gasteiger partial charge in [0.05, 0.1) is 21.7 Å². The average Bonchev–Trinajstić information content (AvgIpc) is 2.44. The van der Waals surface area contributed by atoms with Crippen molar-refractivity contribution in [1.82, 2.24) is 13.6 Å². The largest absolute Gasteiger partial charge is 0.450 e. The molecule has 0 atom stereocenters. The minimum absolute atomic E-state index is 0.0664. The monoisotopic (exact) mass is 265 g/mol. The van der Waals surface area contributed by atoms with Gasteiger partial charge >= 0.3 is 6.18 Å². The highest BCUT2D eigenvalue weighted by molar-refractivity contribution is 9.08. The second-order valence-electron chi connectivity index (χ2n) is 2.56. The van der Waals surface area contributed by atoms with Crippen molar-refractivity contribution in [2.24, 2.45) is 0 Å². The Kier molecular flexibility index (Phi) is 1.99. The molecule has 2 aromatic heterocycles. The molecule has 14 heavy (non-hydrogen) atoms. The van der Waals surface area contributed by atoms with Gasteiger partial charge in [-0.1, -0.05) is 0 Å². The molecule has 0 saturated heterocycles. The molecular weight excluding hydrogens is 263 g/mol. The van der Waals surface area contributed by atoms with E-state index >= 15 is 0 Å². The Balaban J connectivity index is 2.75. The van der Waals surface area contributed by atoms with Crippen molar-refractivity contribution >= 4 is 27.3 Å². The second-order valence-corrected chi connectivity index (χ2v) is 3.27. The third-order valence-electron chi connectivity index (χ3n) is 1.63. The molecule has 7 heteroatoms. The number of hydrogen-bond donors (Lipinski definition) is 0. The summed E-state index contributed by atoms with van der Waals surface area (Å²) in [6.07, 6.45) is -3.09. The molecule has 0 fully saturated rings. The van der Waals surface area contributed by atoms with E-state index in [2.05, 4.69) is 26.1 Å². The fourth-order valence-electron chi connectivity index (χ4n) is 1.06. The molecule has 0 bridgehead atoms. The van der Waals surface area contributed by atoms with Gasteiger partial charge in [0.25, 0.3) is 0 Å². The lowest BCUT2D eigenvalue weighted by Gasteiger charge is -2.03. The van der Waals surface area contributed by atoms with Crippen molar-refractivity contribution in [3.8, 4) is 0 Å². The smallest absolute Gasteiger partial charge is 0.252 e.